The van der Waals surface area contributed by atoms with Gasteiger partial charge in [-0.3, -0.25) is 9.59 Å². The third kappa shape index (κ3) is 4.33. The third-order valence-electron chi connectivity index (χ3n) is 2.24. The van der Waals surface area contributed by atoms with Crippen LogP contribution in [0.3, 0.4) is 0 Å². The predicted octanol–water partition coefficient (Wildman–Crippen LogP) is 1.26. The van der Waals surface area contributed by atoms with Gasteiger partial charge in [-0.25, -0.2) is 4.39 Å². The van der Waals surface area contributed by atoms with E-state index in [2.05, 4.69) is 10.1 Å². The van der Waals surface area contributed by atoms with Crippen LogP contribution in [-0.2, 0) is 20.7 Å². The Hall–Kier alpha value is -1.62. The van der Waals surface area contributed by atoms with Crippen LogP contribution in [0.5, 0.6) is 0 Å². The lowest BCUT2D eigenvalue weighted by molar-refractivity contribution is -0.140. The first-order valence-electron chi connectivity index (χ1n) is 5.26. The van der Waals surface area contributed by atoms with Crippen LogP contribution in [0.2, 0.25) is 0 Å². The molecular formula is C12H13ClFNO3. The highest BCUT2D eigenvalue weighted by Crippen LogP contribution is 2.07. The molecule has 4 nitrogen and oxygen atoms in total. The Balaban J connectivity index is 2.43. The van der Waals surface area contributed by atoms with Crippen molar-refractivity contribution in [3.05, 3.63) is 35.6 Å². The number of rotatable bonds is 5. The van der Waals surface area contributed by atoms with Crippen LogP contribution in [0.15, 0.2) is 24.3 Å². The minimum Gasteiger partial charge on any atom is -0.468 e. The number of hydrogen-bond acceptors (Lipinski definition) is 3. The van der Waals surface area contributed by atoms with Crippen molar-refractivity contribution < 1.29 is 18.7 Å². The summed E-state index contributed by atoms with van der Waals surface area (Å²) in [4.78, 5) is 22.5. The molecule has 0 radical (unpaired) electrons. The van der Waals surface area contributed by atoms with Gasteiger partial charge in [0.05, 0.1) is 13.5 Å². The van der Waals surface area contributed by atoms with E-state index in [9.17, 15) is 14.0 Å². The van der Waals surface area contributed by atoms with Crippen molar-refractivity contribution in [2.24, 2.45) is 0 Å². The highest BCUT2D eigenvalue weighted by molar-refractivity contribution is 6.30. The lowest BCUT2D eigenvalue weighted by atomic mass is 10.1. The zero-order valence-corrected chi connectivity index (χ0v) is 10.5. The van der Waals surface area contributed by atoms with E-state index in [1.807, 2.05) is 0 Å². The van der Waals surface area contributed by atoms with Crippen LogP contribution in [0.4, 0.5) is 4.39 Å². The van der Waals surface area contributed by atoms with Gasteiger partial charge in [0.15, 0.2) is 0 Å². The molecule has 1 N–H and O–H groups in total. The average molecular weight is 274 g/mol. The maximum Gasteiger partial charge on any atom is 0.325 e. The zero-order valence-electron chi connectivity index (χ0n) is 9.78. The van der Waals surface area contributed by atoms with Gasteiger partial charge < -0.3 is 10.1 Å². The van der Waals surface area contributed by atoms with Gasteiger partial charge in [0.1, 0.15) is 11.2 Å². The highest BCUT2D eigenvalue weighted by atomic mass is 35.5. The van der Waals surface area contributed by atoms with Crippen LogP contribution in [0.25, 0.3) is 0 Å². The van der Waals surface area contributed by atoms with Gasteiger partial charge in [0.2, 0.25) is 5.91 Å². The van der Waals surface area contributed by atoms with Crippen molar-refractivity contribution in [2.75, 3.05) is 13.7 Å². The topological polar surface area (TPSA) is 55.4 Å². The van der Waals surface area contributed by atoms with E-state index in [0.29, 0.717) is 5.56 Å². The van der Waals surface area contributed by atoms with E-state index >= 15 is 0 Å². The largest absolute Gasteiger partial charge is 0.468 e. The first-order valence-corrected chi connectivity index (χ1v) is 5.70. The number of methoxy groups -OCH3 is 1. The van der Waals surface area contributed by atoms with Gasteiger partial charge in [-0.2, -0.15) is 0 Å². The summed E-state index contributed by atoms with van der Waals surface area (Å²) >= 11 is 5.65. The fourth-order valence-electron chi connectivity index (χ4n) is 1.29. The number of hydrogen-bond donors (Lipinski definition) is 1. The molecule has 1 rings (SSSR count). The number of nitrogens with one attached hydrogen (secondary N) is 1. The van der Waals surface area contributed by atoms with Gasteiger partial charge in [-0.1, -0.05) is 18.2 Å². The van der Waals surface area contributed by atoms with Gasteiger partial charge in [0, 0.05) is 6.54 Å². The molecule has 0 aliphatic heterocycles. The fraction of sp³-hybridized carbons (Fsp3) is 0.333. The van der Waals surface area contributed by atoms with Crippen molar-refractivity contribution in [1.82, 2.24) is 5.32 Å². The highest BCUT2D eigenvalue weighted by Gasteiger charge is 2.16. The Morgan fingerprint density at radius 3 is 2.72 bits per heavy atom. The number of ether oxygens (including phenoxy) is 1. The molecule has 1 unspecified atom stereocenters. The van der Waals surface area contributed by atoms with Crippen molar-refractivity contribution in [3.63, 3.8) is 0 Å². The summed E-state index contributed by atoms with van der Waals surface area (Å²) in [7, 11) is 1.21. The van der Waals surface area contributed by atoms with Gasteiger partial charge in [-0.15, -0.1) is 11.6 Å². The third-order valence-corrected chi connectivity index (χ3v) is 2.58. The maximum atomic E-state index is 13.3. The number of carbonyl (C=O) groups excluding carboxylic acids is 2. The normalized spacial score (nSPS) is 11.7. The van der Waals surface area contributed by atoms with Crippen LogP contribution >= 0.6 is 11.6 Å². The van der Waals surface area contributed by atoms with E-state index in [-0.39, 0.29) is 13.0 Å². The second-order valence-electron chi connectivity index (χ2n) is 3.56. The number of benzene rings is 1. The molecule has 0 spiro atoms. The lowest BCUT2D eigenvalue weighted by Gasteiger charge is -2.09. The standard InChI is InChI=1S/C12H13ClFNO3/c1-18-12(17)9(13)7-15-11(16)6-8-4-2-3-5-10(8)14/h2-5,9H,6-7H2,1H3,(H,15,16). The summed E-state index contributed by atoms with van der Waals surface area (Å²) in [5.74, 6) is -1.47. The number of alkyl halides is 1. The van der Waals surface area contributed by atoms with Crippen LogP contribution < -0.4 is 5.32 Å². The molecule has 18 heavy (non-hydrogen) atoms. The molecule has 1 aromatic rings. The number of amides is 1. The molecular weight excluding hydrogens is 261 g/mol. The summed E-state index contributed by atoms with van der Waals surface area (Å²) in [6.45, 7) is -0.0541. The molecule has 0 aliphatic carbocycles. The molecule has 0 aliphatic rings. The monoisotopic (exact) mass is 273 g/mol. The van der Waals surface area contributed by atoms with Crippen LogP contribution in [0, 0.1) is 5.82 Å². The van der Waals surface area contributed by atoms with E-state index in [1.165, 1.54) is 19.2 Å². The molecule has 0 heterocycles. The predicted molar refractivity (Wildman–Crippen MR) is 64.8 cm³/mol. The van der Waals surface area contributed by atoms with Crippen molar-refractivity contribution in [2.45, 2.75) is 11.8 Å². The molecule has 1 atom stereocenters. The second-order valence-corrected chi connectivity index (χ2v) is 4.09. The lowest BCUT2D eigenvalue weighted by Crippen LogP contribution is -2.35. The van der Waals surface area contributed by atoms with Crippen molar-refractivity contribution in [1.29, 1.82) is 0 Å². The van der Waals surface area contributed by atoms with Crippen molar-refractivity contribution in [3.8, 4) is 0 Å². The van der Waals surface area contributed by atoms with E-state index in [1.54, 1.807) is 12.1 Å². The Labute approximate surface area is 109 Å². The van der Waals surface area contributed by atoms with Crippen LogP contribution in [-0.4, -0.2) is 30.9 Å². The fourth-order valence-corrected chi connectivity index (χ4v) is 1.46. The molecule has 0 aromatic heterocycles. The number of esters is 1. The molecule has 1 aromatic carbocycles. The second kappa shape index (κ2) is 6.96. The van der Waals surface area contributed by atoms with Crippen LogP contribution in [0.1, 0.15) is 5.56 Å². The van der Waals surface area contributed by atoms with Gasteiger partial charge in [0.25, 0.3) is 0 Å². The zero-order chi connectivity index (χ0) is 13.5. The first kappa shape index (κ1) is 14.4. The minimum absolute atomic E-state index is 0.0541. The average Bonchev–Trinajstić information content (AvgIpc) is 2.37. The molecule has 1 amide bonds. The summed E-state index contributed by atoms with van der Waals surface area (Å²) in [6, 6.07) is 5.99. The van der Waals surface area contributed by atoms with Gasteiger partial charge in [-0.05, 0) is 11.6 Å². The minimum atomic E-state index is -0.945. The summed E-state index contributed by atoms with van der Waals surface area (Å²) < 4.78 is 17.7. The molecule has 0 fully saturated rings. The van der Waals surface area contributed by atoms with Crippen molar-refractivity contribution >= 4 is 23.5 Å². The Kier molecular flexibility index (Phi) is 5.58. The van der Waals surface area contributed by atoms with Gasteiger partial charge >= 0.3 is 5.97 Å². The Morgan fingerprint density at radius 1 is 1.44 bits per heavy atom. The van der Waals surface area contributed by atoms with E-state index in [0.717, 1.165) is 0 Å². The molecule has 0 saturated heterocycles. The molecule has 6 heteroatoms. The van der Waals surface area contributed by atoms with E-state index < -0.39 is 23.1 Å². The smallest absolute Gasteiger partial charge is 0.325 e. The molecule has 98 valence electrons. The SMILES string of the molecule is COC(=O)C(Cl)CNC(=O)Cc1ccccc1F. The summed E-state index contributed by atoms with van der Waals surface area (Å²) in [6.07, 6.45) is -0.0997. The summed E-state index contributed by atoms with van der Waals surface area (Å²) in [5.41, 5.74) is 0.291. The number of halogens is 2. The maximum absolute atomic E-state index is 13.3. The quantitative estimate of drug-likeness (QED) is 0.649. The van der Waals surface area contributed by atoms with E-state index in [4.69, 9.17) is 11.6 Å². The number of carbonyl (C=O) groups is 2. The molecule has 0 saturated carbocycles. The molecule has 0 bridgehead atoms. The first-order chi connectivity index (χ1) is 8.54. The Bertz CT molecular complexity index is 439. The Morgan fingerprint density at radius 2 is 2.11 bits per heavy atom. The summed E-state index contributed by atoms with van der Waals surface area (Å²) in [5, 5.41) is 1.49.